The molecule has 2 fully saturated rings. The summed E-state index contributed by atoms with van der Waals surface area (Å²) in [6.45, 7) is 2.13. The molecule has 10 heavy (non-hydrogen) atoms. The zero-order valence-electron chi connectivity index (χ0n) is 6.01. The lowest BCUT2D eigenvalue weighted by atomic mass is 10.3. The fourth-order valence-electron chi connectivity index (χ4n) is 1.83. The molecule has 2 N–H and O–H groups in total. The lowest BCUT2D eigenvalue weighted by Gasteiger charge is -2.12. The Hall–Kier alpha value is -0.680. The molecule has 54 valence electrons. The highest BCUT2D eigenvalue weighted by Gasteiger charge is 2.46. The van der Waals surface area contributed by atoms with Gasteiger partial charge in [0.2, 0.25) is 0 Å². The Kier molecular flexibility index (Phi) is 1.32. The van der Waals surface area contributed by atoms with Crippen molar-refractivity contribution in [2.45, 2.75) is 18.9 Å². The highest BCUT2D eigenvalue weighted by molar-refractivity contribution is 5.06. The summed E-state index contributed by atoms with van der Waals surface area (Å²) in [7, 11) is 0. The molecule has 0 aromatic heterocycles. The summed E-state index contributed by atoms with van der Waals surface area (Å²) in [4.78, 5) is 2.44. The van der Waals surface area contributed by atoms with Crippen molar-refractivity contribution in [3.05, 3.63) is 0 Å². The molecule has 1 saturated carbocycles. The normalized spacial score (nSPS) is 36.4. The predicted octanol–water partition coefficient (Wildman–Crippen LogP) is 0.000200. The van der Waals surface area contributed by atoms with Gasteiger partial charge in [0.05, 0.1) is 6.54 Å². The van der Waals surface area contributed by atoms with Crippen molar-refractivity contribution in [1.82, 2.24) is 4.90 Å². The molecule has 0 spiro atoms. The maximum atomic E-state index is 5.08. The first-order valence-electron chi connectivity index (χ1n) is 3.84. The third kappa shape index (κ3) is 0.871. The van der Waals surface area contributed by atoms with Gasteiger partial charge in [0.15, 0.2) is 0 Å². The number of hydrogen-bond donors (Lipinski definition) is 1. The summed E-state index contributed by atoms with van der Waals surface area (Å²) in [6.07, 6.45) is 2.79. The highest BCUT2D eigenvalue weighted by Crippen LogP contribution is 2.43. The molecule has 1 aliphatic carbocycles. The van der Waals surface area contributed by atoms with Crippen molar-refractivity contribution in [2.24, 2.45) is 11.7 Å². The number of nitrogens with zero attached hydrogens (tertiary/aromatic N) is 1. The average molecular weight is 136 g/mol. The van der Waals surface area contributed by atoms with Crippen molar-refractivity contribution >= 4 is 0 Å². The summed E-state index contributed by atoms with van der Waals surface area (Å²) in [5.74, 6) is 3.91. The van der Waals surface area contributed by atoms with Gasteiger partial charge in [-0.1, -0.05) is 5.92 Å². The fraction of sp³-hybridized carbons (Fsp3) is 0.750. The maximum Gasteiger partial charge on any atom is 0.0622 e. The first-order chi connectivity index (χ1) is 4.92. The number of nitrogens with two attached hydrogens (primary N) is 1. The highest BCUT2D eigenvalue weighted by atomic mass is 15.2. The molecule has 0 aromatic rings. The summed E-state index contributed by atoms with van der Waals surface area (Å²) >= 11 is 0. The molecular weight excluding hydrogens is 124 g/mol. The van der Waals surface area contributed by atoms with E-state index in [1.54, 1.807) is 0 Å². The van der Waals surface area contributed by atoms with Crippen LogP contribution in [0.1, 0.15) is 12.8 Å². The molecule has 2 heteroatoms. The van der Waals surface area contributed by atoms with E-state index in [0.717, 1.165) is 18.5 Å². The van der Waals surface area contributed by atoms with Gasteiger partial charge in [-0.2, -0.15) is 0 Å². The van der Waals surface area contributed by atoms with Crippen LogP contribution in [0.3, 0.4) is 0 Å². The van der Waals surface area contributed by atoms with E-state index in [1.165, 1.54) is 19.4 Å². The maximum absolute atomic E-state index is 5.08. The molecule has 1 heterocycles. The van der Waals surface area contributed by atoms with E-state index in [0.29, 0.717) is 0 Å². The van der Waals surface area contributed by atoms with Gasteiger partial charge in [0.1, 0.15) is 0 Å². The third-order valence-corrected chi connectivity index (χ3v) is 2.53. The number of likely N-dealkylation sites (tertiary alicyclic amines) is 1. The van der Waals surface area contributed by atoms with Gasteiger partial charge < -0.3 is 5.73 Å². The minimum Gasteiger partial charge on any atom is -0.359 e. The SMILES string of the molecule is NC#CCN1CCC2CC21. The minimum absolute atomic E-state index is 0.876. The summed E-state index contributed by atoms with van der Waals surface area (Å²) < 4.78 is 0. The Balaban J connectivity index is 1.86. The lowest BCUT2D eigenvalue weighted by molar-refractivity contribution is 0.338. The van der Waals surface area contributed by atoms with Crippen LogP contribution >= 0.6 is 0 Å². The Morgan fingerprint density at radius 2 is 2.50 bits per heavy atom. The fourth-order valence-corrected chi connectivity index (χ4v) is 1.83. The van der Waals surface area contributed by atoms with Gasteiger partial charge >= 0.3 is 0 Å². The Bertz CT molecular complexity index is 189. The Morgan fingerprint density at radius 3 is 3.00 bits per heavy atom. The molecule has 0 bridgehead atoms. The molecule has 2 aliphatic rings. The summed E-state index contributed by atoms with van der Waals surface area (Å²) in [6, 6.07) is 3.32. The van der Waals surface area contributed by atoms with E-state index in [9.17, 15) is 0 Å². The number of fused-ring (bicyclic) bond motifs is 1. The molecule has 0 radical (unpaired) electrons. The van der Waals surface area contributed by atoms with Crippen LogP contribution in [0.4, 0.5) is 0 Å². The quantitative estimate of drug-likeness (QED) is 0.406. The lowest BCUT2D eigenvalue weighted by Crippen LogP contribution is -2.23. The summed E-state index contributed by atoms with van der Waals surface area (Å²) in [5.41, 5.74) is 5.08. The van der Waals surface area contributed by atoms with Gasteiger partial charge in [0.25, 0.3) is 0 Å². The average Bonchev–Trinajstić information content (AvgIpc) is 2.63. The van der Waals surface area contributed by atoms with E-state index in [4.69, 9.17) is 5.73 Å². The van der Waals surface area contributed by atoms with E-state index in [2.05, 4.69) is 16.9 Å². The van der Waals surface area contributed by atoms with Crippen LogP contribution in [0.15, 0.2) is 0 Å². The molecule has 2 rings (SSSR count). The number of rotatable bonds is 1. The van der Waals surface area contributed by atoms with Gasteiger partial charge in [-0.25, -0.2) is 0 Å². The van der Waals surface area contributed by atoms with Crippen molar-refractivity contribution < 1.29 is 0 Å². The Morgan fingerprint density at radius 1 is 1.60 bits per heavy atom. The topological polar surface area (TPSA) is 29.3 Å². The van der Waals surface area contributed by atoms with Crippen LogP contribution in [0.2, 0.25) is 0 Å². The van der Waals surface area contributed by atoms with Crippen LogP contribution in [0, 0.1) is 17.9 Å². The number of hydrogen-bond acceptors (Lipinski definition) is 2. The first-order valence-corrected chi connectivity index (χ1v) is 3.84. The van der Waals surface area contributed by atoms with Crippen LogP contribution in [0.5, 0.6) is 0 Å². The van der Waals surface area contributed by atoms with Crippen LogP contribution < -0.4 is 5.73 Å². The van der Waals surface area contributed by atoms with Crippen LogP contribution in [0.25, 0.3) is 0 Å². The van der Waals surface area contributed by atoms with E-state index in [-0.39, 0.29) is 0 Å². The molecule has 1 saturated heterocycles. The first kappa shape index (κ1) is 6.06. The monoisotopic (exact) mass is 136 g/mol. The van der Waals surface area contributed by atoms with Crippen LogP contribution in [-0.4, -0.2) is 24.0 Å². The van der Waals surface area contributed by atoms with Gasteiger partial charge in [-0.05, 0) is 25.3 Å². The summed E-state index contributed by atoms with van der Waals surface area (Å²) in [5, 5.41) is 0. The second-order valence-corrected chi connectivity index (χ2v) is 3.14. The van der Waals surface area contributed by atoms with Gasteiger partial charge in [-0.3, -0.25) is 4.90 Å². The zero-order chi connectivity index (χ0) is 6.97. The number of piperidine rings is 1. The molecule has 1 aliphatic heterocycles. The zero-order valence-corrected chi connectivity index (χ0v) is 6.01. The van der Waals surface area contributed by atoms with Crippen molar-refractivity contribution in [1.29, 1.82) is 0 Å². The van der Waals surface area contributed by atoms with E-state index in [1.807, 2.05) is 0 Å². The van der Waals surface area contributed by atoms with E-state index >= 15 is 0 Å². The van der Waals surface area contributed by atoms with Gasteiger partial charge in [-0.15, -0.1) is 0 Å². The van der Waals surface area contributed by atoms with Crippen molar-refractivity contribution in [3.8, 4) is 12.0 Å². The Labute approximate surface area is 61.4 Å². The second-order valence-electron chi connectivity index (χ2n) is 3.14. The smallest absolute Gasteiger partial charge is 0.0622 e. The molecule has 2 atom stereocenters. The standard InChI is InChI=1S/C8H12N2/c9-3-1-4-10-5-2-7-6-8(7)10/h7-8H,2,4-6,9H2. The predicted molar refractivity (Wildman–Crippen MR) is 40.0 cm³/mol. The minimum atomic E-state index is 0.876. The molecular formula is C8H12N2. The van der Waals surface area contributed by atoms with Crippen LogP contribution in [-0.2, 0) is 0 Å². The second kappa shape index (κ2) is 2.17. The molecule has 2 unspecified atom stereocenters. The van der Waals surface area contributed by atoms with E-state index < -0.39 is 0 Å². The molecule has 0 aromatic carbocycles. The molecule has 2 nitrogen and oxygen atoms in total. The van der Waals surface area contributed by atoms with Crippen molar-refractivity contribution in [2.75, 3.05) is 13.1 Å². The largest absolute Gasteiger partial charge is 0.359 e. The molecule has 0 amide bonds. The van der Waals surface area contributed by atoms with Gasteiger partial charge in [0, 0.05) is 12.1 Å². The van der Waals surface area contributed by atoms with Crippen molar-refractivity contribution in [3.63, 3.8) is 0 Å². The third-order valence-electron chi connectivity index (χ3n) is 2.53.